The van der Waals surface area contributed by atoms with E-state index in [1.807, 2.05) is 6.92 Å². The number of halogens is 1. The second kappa shape index (κ2) is 5.55. The quantitative estimate of drug-likeness (QED) is 0.670. The van der Waals surface area contributed by atoms with Gasteiger partial charge in [-0.05, 0) is 6.42 Å². The maximum Gasteiger partial charge on any atom is 0.148 e. The van der Waals surface area contributed by atoms with Crippen LogP contribution < -0.4 is 15.8 Å². The molecule has 90 valence electrons. The van der Waals surface area contributed by atoms with Crippen molar-refractivity contribution in [3.05, 3.63) is 17.9 Å². The van der Waals surface area contributed by atoms with Gasteiger partial charge in [0.25, 0.3) is 0 Å². The van der Waals surface area contributed by atoms with Gasteiger partial charge in [-0.3, -0.25) is 0 Å². The van der Waals surface area contributed by atoms with Crippen molar-refractivity contribution in [2.45, 2.75) is 19.4 Å². The number of nitrogens with one attached hydrogen (secondary N) is 1. The molecule has 0 aliphatic heterocycles. The first-order chi connectivity index (χ1) is 7.58. The van der Waals surface area contributed by atoms with Crippen molar-refractivity contribution in [3.8, 4) is 5.75 Å². The minimum absolute atomic E-state index is 0.251. The lowest BCUT2D eigenvalue weighted by Gasteiger charge is -2.13. The molecule has 0 radical (unpaired) electrons. The third kappa shape index (κ3) is 3.00. The maximum absolute atomic E-state index is 13.4. The van der Waals surface area contributed by atoms with Crippen LogP contribution in [0.15, 0.2) is 12.1 Å². The lowest BCUT2D eigenvalue weighted by Crippen LogP contribution is -2.18. The Bertz CT molecular complexity index is 358. The Morgan fingerprint density at radius 1 is 1.56 bits per heavy atom. The lowest BCUT2D eigenvalue weighted by atomic mass is 10.2. The molecule has 1 rings (SSSR count). The lowest BCUT2D eigenvalue weighted by molar-refractivity contribution is 0.183. The van der Waals surface area contributed by atoms with Crippen molar-refractivity contribution >= 4 is 11.4 Å². The van der Waals surface area contributed by atoms with Gasteiger partial charge < -0.3 is 20.9 Å². The highest BCUT2D eigenvalue weighted by Gasteiger charge is 2.09. The molecule has 0 spiro atoms. The van der Waals surface area contributed by atoms with Gasteiger partial charge >= 0.3 is 0 Å². The van der Waals surface area contributed by atoms with Crippen molar-refractivity contribution < 1.29 is 14.2 Å². The molecule has 1 atom stereocenters. The number of nitrogens with two attached hydrogens (primary N) is 1. The zero-order valence-electron chi connectivity index (χ0n) is 9.46. The van der Waals surface area contributed by atoms with E-state index in [1.165, 1.54) is 19.2 Å². The van der Waals surface area contributed by atoms with Crippen LogP contribution in [0.25, 0.3) is 0 Å². The van der Waals surface area contributed by atoms with Crippen LogP contribution >= 0.6 is 0 Å². The molecule has 4 N–H and O–H groups in total. The maximum atomic E-state index is 13.4. The van der Waals surface area contributed by atoms with Crippen molar-refractivity contribution in [2.24, 2.45) is 0 Å². The first-order valence-corrected chi connectivity index (χ1v) is 5.13. The summed E-state index contributed by atoms with van der Waals surface area (Å²) in [7, 11) is 1.47. The van der Waals surface area contributed by atoms with Gasteiger partial charge in [0.2, 0.25) is 0 Å². The Balaban J connectivity index is 2.79. The molecule has 0 bridgehead atoms. The SMILES string of the molecule is CCC(O)CNc1cc(OC)c(N)cc1F. The van der Waals surface area contributed by atoms with Crippen LogP contribution in [-0.2, 0) is 0 Å². The number of benzene rings is 1. The van der Waals surface area contributed by atoms with E-state index in [0.717, 1.165) is 0 Å². The van der Waals surface area contributed by atoms with Gasteiger partial charge in [-0.25, -0.2) is 4.39 Å². The fourth-order valence-electron chi connectivity index (χ4n) is 1.25. The summed E-state index contributed by atoms with van der Waals surface area (Å²) in [5.41, 5.74) is 6.07. The Morgan fingerprint density at radius 2 is 2.25 bits per heavy atom. The normalized spacial score (nSPS) is 12.2. The zero-order chi connectivity index (χ0) is 12.1. The van der Waals surface area contributed by atoms with E-state index in [4.69, 9.17) is 10.5 Å². The second-order valence-electron chi connectivity index (χ2n) is 3.52. The number of anilines is 2. The molecule has 0 heterocycles. The highest BCUT2D eigenvalue weighted by molar-refractivity contribution is 5.62. The molecule has 0 aliphatic rings. The van der Waals surface area contributed by atoms with E-state index in [1.54, 1.807) is 0 Å². The number of hydrogen-bond acceptors (Lipinski definition) is 4. The predicted octanol–water partition coefficient (Wildman–Crippen LogP) is 1.60. The van der Waals surface area contributed by atoms with Crippen molar-refractivity contribution in [1.82, 2.24) is 0 Å². The summed E-state index contributed by atoms with van der Waals surface area (Å²) in [4.78, 5) is 0. The van der Waals surface area contributed by atoms with E-state index >= 15 is 0 Å². The molecular formula is C11H17FN2O2. The molecule has 1 aromatic carbocycles. The molecule has 16 heavy (non-hydrogen) atoms. The standard InChI is InChI=1S/C11H17FN2O2/c1-3-7(15)6-14-10-5-11(16-2)9(13)4-8(10)12/h4-5,7,14-15H,3,6,13H2,1-2H3. The summed E-state index contributed by atoms with van der Waals surface area (Å²) in [5.74, 6) is -0.0449. The van der Waals surface area contributed by atoms with Crippen LogP contribution in [0.1, 0.15) is 13.3 Å². The molecule has 0 aliphatic carbocycles. The van der Waals surface area contributed by atoms with Gasteiger partial charge in [0, 0.05) is 18.7 Å². The number of aliphatic hydroxyl groups excluding tert-OH is 1. The molecule has 1 aromatic rings. The van der Waals surface area contributed by atoms with Crippen LogP contribution in [0, 0.1) is 5.82 Å². The first kappa shape index (κ1) is 12.6. The predicted molar refractivity (Wildman–Crippen MR) is 62.2 cm³/mol. The largest absolute Gasteiger partial charge is 0.495 e. The molecular weight excluding hydrogens is 211 g/mol. The second-order valence-corrected chi connectivity index (χ2v) is 3.52. The number of methoxy groups -OCH3 is 1. The third-order valence-electron chi connectivity index (χ3n) is 2.32. The van der Waals surface area contributed by atoms with Gasteiger partial charge in [0.15, 0.2) is 0 Å². The molecule has 0 fully saturated rings. The van der Waals surface area contributed by atoms with E-state index in [2.05, 4.69) is 5.32 Å². The number of hydrogen-bond donors (Lipinski definition) is 3. The Hall–Kier alpha value is -1.49. The summed E-state index contributed by atoms with van der Waals surface area (Å²) in [6, 6.07) is 2.67. The smallest absolute Gasteiger partial charge is 0.148 e. The topological polar surface area (TPSA) is 67.5 Å². The van der Waals surface area contributed by atoms with Crippen molar-refractivity contribution in [1.29, 1.82) is 0 Å². The molecule has 1 unspecified atom stereocenters. The van der Waals surface area contributed by atoms with Gasteiger partial charge in [0.1, 0.15) is 11.6 Å². The average Bonchev–Trinajstić information content (AvgIpc) is 2.27. The van der Waals surface area contributed by atoms with E-state index in [-0.39, 0.29) is 11.4 Å². The Labute approximate surface area is 94.2 Å². The van der Waals surface area contributed by atoms with Crippen LogP contribution in [0.5, 0.6) is 5.75 Å². The fourth-order valence-corrected chi connectivity index (χ4v) is 1.25. The summed E-state index contributed by atoms with van der Waals surface area (Å²) in [5, 5.41) is 12.2. The number of aliphatic hydroxyl groups is 1. The highest BCUT2D eigenvalue weighted by atomic mass is 19.1. The van der Waals surface area contributed by atoms with Crippen LogP contribution in [0.3, 0.4) is 0 Å². The van der Waals surface area contributed by atoms with Gasteiger partial charge in [-0.1, -0.05) is 6.92 Å². The molecule has 0 amide bonds. The average molecular weight is 228 g/mol. The fraction of sp³-hybridized carbons (Fsp3) is 0.455. The molecule has 0 saturated carbocycles. The summed E-state index contributed by atoms with van der Waals surface area (Å²) in [6.07, 6.45) is 0.115. The van der Waals surface area contributed by atoms with Crippen molar-refractivity contribution in [3.63, 3.8) is 0 Å². The summed E-state index contributed by atoms with van der Waals surface area (Å²) >= 11 is 0. The van der Waals surface area contributed by atoms with Gasteiger partial charge in [-0.15, -0.1) is 0 Å². The van der Waals surface area contributed by atoms with Gasteiger partial charge in [0.05, 0.1) is 24.6 Å². The zero-order valence-corrected chi connectivity index (χ0v) is 9.46. The monoisotopic (exact) mass is 228 g/mol. The van der Waals surface area contributed by atoms with Crippen LogP contribution in [0.4, 0.5) is 15.8 Å². The Morgan fingerprint density at radius 3 is 2.81 bits per heavy atom. The summed E-state index contributed by atoms with van der Waals surface area (Å²) < 4.78 is 18.4. The van der Waals surface area contributed by atoms with Crippen LogP contribution in [0.2, 0.25) is 0 Å². The Kier molecular flexibility index (Phi) is 4.37. The minimum atomic E-state index is -0.497. The highest BCUT2D eigenvalue weighted by Crippen LogP contribution is 2.28. The van der Waals surface area contributed by atoms with Crippen LogP contribution in [-0.4, -0.2) is 24.9 Å². The molecule has 0 aromatic heterocycles. The molecule has 5 heteroatoms. The summed E-state index contributed by atoms with van der Waals surface area (Å²) in [6.45, 7) is 2.15. The van der Waals surface area contributed by atoms with Gasteiger partial charge in [-0.2, -0.15) is 0 Å². The third-order valence-corrected chi connectivity index (χ3v) is 2.32. The number of nitrogen functional groups attached to an aromatic ring is 1. The van der Waals surface area contributed by atoms with Crippen molar-refractivity contribution in [2.75, 3.05) is 24.7 Å². The van der Waals surface area contributed by atoms with E-state index in [9.17, 15) is 9.50 Å². The van der Waals surface area contributed by atoms with E-state index < -0.39 is 11.9 Å². The number of ether oxygens (including phenoxy) is 1. The molecule has 0 saturated heterocycles. The number of rotatable bonds is 5. The molecule has 4 nitrogen and oxygen atoms in total. The minimum Gasteiger partial charge on any atom is -0.495 e. The first-order valence-electron chi connectivity index (χ1n) is 5.13. The van der Waals surface area contributed by atoms with E-state index in [0.29, 0.717) is 18.7 Å².